The van der Waals surface area contributed by atoms with Crippen LogP contribution in [0.25, 0.3) is 0 Å². The molecule has 1 aromatic rings. The number of nitrogens with one attached hydrogen (secondary N) is 1. The average Bonchev–Trinajstić information content (AvgIpc) is 2.16. The summed E-state index contributed by atoms with van der Waals surface area (Å²) in [6, 6.07) is 7.60. The summed E-state index contributed by atoms with van der Waals surface area (Å²) in [6.07, 6.45) is 0.824. The number of amides is 1. The van der Waals surface area contributed by atoms with Gasteiger partial charge in [0.1, 0.15) is 0 Å². The lowest BCUT2D eigenvalue weighted by Crippen LogP contribution is -2.17. The van der Waals surface area contributed by atoms with E-state index in [9.17, 15) is 4.79 Å². The number of rotatable bonds is 3. The lowest BCUT2D eigenvalue weighted by Gasteiger charge is -2.03. The van der Waals surface area contributed by atoms with Crippen LogP contribution in [0.4, 0.5) is 0 Å². The first-order chi connectivity index (χ1) is 6.63. The molecule has 1 rings (SSSR count). The number of hydrogen-bond acceptors (Lipinski definition) is 1. The van der Waals surface area contributed by atoms with Crippen LogP contribution in [0.15, 0.2) is 36.4 Å². The maximum atomic E-state index is 11.3. The summed E-state index contributed by atoms with van der Waals surface area (Å²) >= 11 is 0. The topological polar surface area (TPSA) is 29.1 Å². The number of carbonyl (C=O) groups is 1. The second-order valence-electron chi connectivity index (χ2n) is 3.41. The van der Waals surface area contributed by atoms with Gasteiger partial charge in [-0.25, -0.2) is 0 Å². The Kier molecular flexibility index (Phi) is 3.46. The SMILES string of the molecule is C=C(C)Cc1cccc(C(=O)NC)c1. The first-order valence-corrected chi connectivity index (χ1v) is 4.59. The molecule has 1 amide bonds. The lowest BCUT2D eigenvalue weighted by atomic mass is 10.0. The normalized spacial score (nSPS) is 9.57. The molecule has 0 saturated carbocycles. The molecule has 0 atom stereocenters. The van der Waals surface area contributed by atoms with Gasteiger partial charge in [0, 0.05) is 12.6 Å². The van der Waals surface area contributed by atoms with Gasteiger partial charge in [0.15, 0.2) is 0 Å². The summed E-state index contributed by atoms with van der Waals surface area (Å²) in [5.74, 6) is -0.0476. The molecule has 0 bridgehead atoms. The van der Waals surface area contributed by atoms with Crippen LogP contribution in [0.2, 0.25) is 0 Å². The Morgan fingerprint density at radius 3 is 2.79 bits per heavy atom. The van der Waals surface area contributed by atoms with Crippen LogP contribution < -0.4 is 5.32 Å². The van der Waals surface area contributed by atoms with Crippen molar-refractivity contribution in [3.63, 3.8) is 0 Å². The quantitative estimate of drug-likeness (QED) is 0.725. The summed E-state index contributed by atoms with van der Waals surface area (Å²) in [6.45, 7) is 5.82. The number of allylic oxidation sites excluding steroid dienone is 1. The molecule has 0 aliphatic heterocycles. The first-order valence-electron chi connectivity index (χ1n) is 4.59. The summed E-state index contributed by atoms with van der Waals surface area (Å²) < 4.78 is 0. The van der Waals surface area contributed by atoms with Crippen LogP contribution >= 0.6 is 0 Å². The van der Waals surface area contributed by atoms with Gasteiger partial charge in [-0.05, 0) is 31.0 Å². The van der Waals surface area contributed by atoms with Crippen LogP contribution in [0.3, 0.4) is 0 Å². The Balaban J connectivity index is 2.89. The molecule has 1 aromatic carbocycles. The predicted molar refractivity (Wildman–Crippen MR) is 58.4 cm³/mol. The van der Waals surface area contributed by atoms with E-state index >= 15 is 0 Å². The Bertz CT molecular complexity index is 355. The van der Waals surface area contributed by atoms with Gasteiger partial charge in [0.25, 0.3) is 5.91 Å². The van der Waals surface area contributed by atoms with E-state index in [0.29, 0.717) is 5.56 Å². The van der Waals surface area contributed by atoms with Crippen molar-refractivity contribution in [3.05, 3.63) is 47.5 Å². The Hall–Kier alpha value is -1.57. The molecule has 0 aliphatic rings. The number of hydrogen-bond donors (Lipinski definition) is 1. The monoisotopic (exact) mass is 189 g/mol. The molecular weight excluding hydrogens is 174 g/mol. The highest BCUT2D eigenvalue weighted by Crippen LogP contribution is 2.09. The van der Waals surface area contributed by atoms with E-state index in [-0.39, 0.29) is 5.91 Å². The molecule has 2 nitrogen and oxygen atoms in total. The van der Waals surface area contributed by atoms with E-state index in [1.54, 1.807) is 13.1 Å². The van der Waals surface area contributed by atoms with Crippen molar-refractivity contribution < 1.29 is 4.79 Å². The van der Waals surface area contributed by atoms with Gasteiger partial charge >= 0.3 is 0 Å². The fraction of sp³-hybridized carbons (Fsp3) is 0.250. The fourth-order valence-electron chi connectivity index (χ4n) is 1.32. The van der Waals surface area contributed by atoms with Crippen LogP contribution in [-0.4, -0.2) is 13.0 Å². The standard InChI is InChI=1S/C12H15NO/c1-9(2)7-10-5-4-6-11(8-10)12(14)13-3/h4-6,8H,1,7H2,2-3H3,(H,13,14). The second kappa shape index (κ2) is 4.61. The predicted octanol–water partition coefficient (Wildman–Crippen LogP) is 2.16. The zero-order valence-electron chi connectivity index (χ0n) is 8.63. The Morgan fingerprint density at radius 1 is 1.50 bits per heavy atom. The van der Waals surface area contributed by atoms with Gasteiger partial charge in [-0.1, -0.05) is 24.3 Å². The molecule has 0 fully saturated rings. The van der Waals surface area contributed by atoms with Crippen molar-refractivity contribution in [2.45, 2.75) is 13.3 Å². The minimum atomic E-state index is -0.0476. The maximum Gasteiger partial charge on any atom is 0.251 e. The molecule has 2 heteroatoms. The minimum absolute atomic E-state index is 0.0476. The fourth-order valence-corrected chi connectivity index (χ4v) is 1.32. The summed E-state index contributed by atoms with van der Waals surface area (Å²) in [7, 11) is 1.63. The molecule has 0 saturated heterocycles. The third-order valence-electron chi connectivity index (χ3n) is 1.92. The molecule has 1 N–H and O–H groups in total. The second-order valence-corrected chi connectivity index (χ2v) is 3.41. The van der Waals surface area contributed by atoms with Crippen molar-refractivity contribution in [1.29, 1.82) is 0 Å². The molecule has 0 spiro atoms. The summed E-state index contributed by atoms with van der Waals surface area (Å²) in [5.41, 5.74) is 2.92. The van der Waals surface area contributed by atoms with E-state index < -0.39 is 0 Å². The molecule has 0 aliphatic carbocycles. The lowest BCUT2D eigenvalue weighted by molar-refractivity contribution is 0.0963. The molecule has 74 valence electrons. The summed E-state index contributed by atoms with van der Waals surface area (Å²) in [4.78, 5) is 11.3. The van der Waals surface area contributed by atoms with E-state index in [0.717, 1.165) is 17.6 Å². The molecule has 0 heterocycles. The van der Waals surface area contributed by atoms with E-state index in [1.165, 1.54) is 0 Å². The van der Waals surface area contributed by atoms with E-state index in [1.807, 2.05) is 25.1 Å². The van der Waals surface area contributed by atoms with Crippen LogP contribution in [-0.2, 0) is 6.42 Å². The van der Waals surface area contributed by atoms with Crippen LogP contribution in [0.5, 0.6) is 0 Å². The first kappa shape index (κ1) is 10.5. The molecule has 0 radical (unpaired) electrons. The largest absolute Gasteiger partial charge is 0.355 e. The smallest absolute Gasteiger partial charge is 0.251 e. The number of carbonyl (C=O) groups excluding carboxylic acids is 1. The van der Waals surface area contributed by atoms with Gasteiger partial charge in [0.2, 0.25) is 0 Å². The van der Waals surface area contributed by atoms with E-state index in [2.05, 4.69) is 11.9 Å². The van der Waals surface area contributed by atoms with Crippen molar-refractivity contribution in [3.8, 4) is 0 Å². The molecule has 0 unspecified atom stereocenters. The minimum Gasteiger partial charge on any atom is -0.355 e. The van der Waals surface area contributed by atoms with Crippen LogP contribution in [0.1, 0.15) is 22.8 Å². The number of benzene rings is 1. The third-order valence-corrected chi connectivity index (χ3v) is 1.92. The summed E-state index contributed by atoms with van der Waals surface area (Å²) in [5, 5.41) is 2.60. The maximum absolute atomic E-state index is 11.3. The average molecular weight is 189 g/mol. The van der Waals surface area contributed by atoms with Gasteiger partial charge < -0.3 is 5.32 Å². The van der Waals surface area contributed by atoms with Gasteiger partial charge in [0.05, 0.1) is 0 Å². The zero-order chi connectivity index (χ0) is 10.6. The van der Waals surface area contributed by atoms with Crippen molar-refractivity contribution in [1.82, 2.24) is 5.32 Å². The van der Waals surface area contributed by atoms with Gasteiger partial charge in [-0.2, -0.15) is 0 Å². The molecular formula is C12H15NO. The van der Waals surface area contributed by atoms with Gasteiger partial charge in [-0.15, -0.1) is 0 Å². The Morgan fingerprint density at radius 2 is 2.21 bits per heavy atom. The zero-order valence-corrected chi connectivity index (χ0v) is 8.63. The van der Waals surface area contributed by atoms with Crippen molar-refractivity contribution >= 4 is 5.91 Å². The molecule has 14 heavy (non-hydrogen) atoms. The van der Waals surface area contributed by atoms with E-state index in [4.69, 9.17) is 0 Å². The third kappa shape index (κ3) is 2.73. The van der Waals surface area contributed by atoms with Crippen LogP contribution in [0, 0.1) is 0 Å². The highest BCUT2D eigenvalue weighted by Gasteiger charge is 2.02. The Labute approximate surface area is 84.6 Å². The van der Waals surface area contributed by atoms with Crippen molar-refractivity contribution in [2.75, 3.05) is 7.05 Å². The van der Waals surface area contributed by atoms with Gasteiger partial charge in [-0.3, -0.25) is 4.79 Å². The molecule has 0 aromatic heterocycles. The highest BCUT2D eigenvalue weighted by atomic mass is 16.1. The van der Waals surface area contributed by atoms with Crippen molar-refractivity contribution in [2.24, 2.45) is 0 Å². The highest BCUT2D eigenvalue weighted by molar-refractivity contribution is 5.94.